The molecule has 98 valence electrons. The number of nitrogens with zero attached hydrogens (tertiary/aromatic N) is 2. The molecule has 1 unspecified atom stereocenters. The van der Waals surface area contributed by atoms with E-state index >= 15 is 0 Å². The number of rotatable bonds is 6. The van der Waals surface area contributed by atoms with Crippen LogP contribution in [0.1, 0.15) is 30.3 Å². The van der Waals surface area contributed by atoms with Crippen LogP contribution in [0.2, 0.25) is 0 Å². The van der Waals surface area contributed by atoms with Crippen LogP contribution in [0.4, 0.5) is 5.69 Å². The first kappa shape index (κ1) is 12.8. The monoisotopic (exact) mass is 249 g/mol. The second kappa shape index (κ2) is 5.35. The van der Waals surface area contributed by atoms with E-state index in [2.05, 4.69) is 29.2 Å². The molecule has 0 saturated heterocycles. The highest BCUT2D eigenvalue weighted by molar-refractivity contribution is 5.85. The molecule has 0 aliphatic heterocycles. The zero-order valence-electron chi connectivity index (χ0n) is 10.8. The van der Waals surface area contributed by atoms with E-state index in [0.29, 0.717) is 6.04 Å². The van der Waals surface area contributed by atoms with E-state index in [4.69, 9.17) is 5.11 Å². The lowest BCUT2D eigenvalue weighted by Crippen LogP contribution is -2.36. The predicted molar refractivity (Wildman–Crippen MR) is 69.9 cm³/mol. The molecule has 1 aliphatic carbocycles. The summed E-state index contributed by atoms with van der Waals surface area (Å²) < 4.78 is 0. The third-order valence-electron chi connectivity index (χ3n) is 3.40. The first-order valence-electron chi connectivity index (χ1n) is 6.23. The van der Waals surface area contributed by atoms with E-state index in [1.54, 1.807) is 12.3 Å². The normalized spacial score (nSPS) is 16.6. The molecule has 0 amide bonds. The summed E-state index contributed by atoms with van der Waals surface area (Å²) in [6, 6.07) is 4.46. The van der Waals surface area contributed by atoms with Gasteiger partial charge < -0.3 is 10.4 Å². The maximum absolute atomic E-state index is 10.7. The lowest BCUT2D eigenvalue weighted by molar-refractivity contribution is 0.0690. The molecular weight excluding hydrogens is 230 g/mol. The SMILES string of the molecule is CC(CNc1ccc(C(=O)O)nc1)N(C)C1CC1. The van der Waals surface area contributed by atoms with Crippen LogP contribution >= 0.6 is 0 Å². The maximum Gasteiger partial charge on any atom is 0.354 e. The topological polar surface area (TPSA) is 65.5 Å². The van der Waals surface area contributed by atoms with Crippen molar-refractivity contribution in [1.29, 1.82) is 0 Å². The Morgan fingerprint density at radius 3 is 2.83 bits per heavy atom. The Bertz CT molecular complexity index is 415. The lowest BCUT2D eigenvalue weighted by atomic mass is 10.2. The Hall–Kier alpha value is -1.62. The fraction of sp³-hybridized carbons (Fsp3) is 0.538. The number of aromatic nitrogens is 1. The molecule has 1 aliphatic rings. The van der Waals surface area contributed by atoms with Gasteiger partial charge in [-0.25, -0.2) is 9.78 Å². The molecular formula is C13H19N3O2. The van der Waals surface area contributed by atoms with Gasteiger partial charge in [0.1, 0.15) is 5.69 Å². The summed E-state index contributed by atoms with van der Waals surface area (Å²) in [4.78, 5) is 16.9. The van der Waals surface area contributed by atoms with Gasteiger partial charge in [0.05, 0.1) is 11.9 Å². The minimum atomic E-state index is -0.997. The number of likely N-dealkylation sites (N-methyl/N-ethyl adjacent to an activating group) is 1. The quantitative estimate of drug-likeness (QED) is 0.803. The van der Waals surface area contributed by atoms with E-state index < -0.39 is 5.97 Å². The van der Waals surface area contributed by atoms with E-state index in [9.17, 15) is 4.79 Å². The van der Waals surface area contributed by atoms with Crippen molar-refractivity contribution in [3.63, 3.8) is 0 Å². The van der Waals surface area contributed by atoms with Gasteiger partial charge in [-0.15, -0.1) is 0 Å². The minimum absolute atomic E-state index is 0.0729. The minimum Gasteiger partial charge on any atom is -0.477 e. The van der Waals surface area contributed by atoms with Gasteiger partial charge in [-0.1, -0.05) is 0 Å². The van der Waals surface area contributed by atoms with Crippen molar-refractivity contribution in [3.8, 4) is 0 Å². The third kappa shape index (κ3) is 3.20. The van der Waals surface area contributed by atoms with Crippen molar-refractivity contribution >= 4 is 11.7 Å². The zero-order chi connectivity index (χ0) is 13.1. The van der Waals surface area contributed by atoms with Crippen LogP contribution in [0.5, 0.6) is 0 Å². The summed E-state index contributed by atoms with van der Waals surface area (Å²) in [5.74, 6) is -0.997. The van der Waals surface area contributed by atoms with Crippen molar-refractivity contribution in [2.75, 3.05) is 18.9 Å². The molecule has 1 aromatic heterocycles. The number of aromatic carboxylic acids is 1. The lowest BCUT2D eigenvalue weighted by Gasteiger charge is -2.24. The standard InChI is InChI=1S/C13H19N3O2/c1-9(16(2)11-4-5-11)7-14-10-3-6-12(13(17)18)15-8-10/h3,6,8-9,11,14H,4-5,7H2,1-2H3,(H,17,18). The van der Waals surface area contributed by atoms with Gasteiger partial charge in [0, 0.05) is 18.6 Å². The van der Waals surface area contributed by atoms with Gasteiger partial charge in [-0.2, -0.15) is 0 Å². The van der Waals surface area contributed by atoms with Crippen molar-refractivity contribution in [1.82, 2.24) is 9.88 Å². The fourth-order valence-electron chi connectivity index (χ4n) is 1.88. The van der Waals surface area contributed by atoms with Crippen molar-refractivity contribution in [3.05, 3.63) is 24.0 Å². The number of anilines is 1. The number of carboxylic acid groups (broad SMARTS) is 1. The second-order valence-corrected chi connectivity index (χ2v) is 4.86. The van der Waals surface area contributed by atoms with Crippen LogP contribution < -0.4 is 5.32 Å². The van der Waals surface area contributed by atoms with Crippen LogP contribution in [-0.2, 0) is 0 Å². The zero-order valence-corrected chi connectivity index (χ0v) is 10.8. The van der Waals surface area contributed by atoms with Crippen LogP contribution in [-0.4, -0.2) is 46.6 Å². The summed E-state index contributed by atoms with van der Waals surface area (Å²) in [5, 5.41) is 12.0. The number of hydrogen-bond acceptors (Lipinski definition) is 4. The molecule has 0 aromatic carbocycles. The second-order valence-electron chi connectivity index (χ2n) is 4.86. The average Bonchev–Trinajstić information content (AvgIpc) is 3.19. The molecule has 0 spiro atoms. The van der Waals surface area contributed by atoms with Gasteiger partial charge in [-0.3, -0.25) is 4.90 Å². The number of nitrogens with one attached hydrogen (secondary N) is 1. The van der Waals surface area contributed by atoms with Crippen molar-refractivity contribution in [2.45, 2.75) is 31.8 Å². The molecule has 5 nitrogen and oxygen atoms in total. The molecule has 18 heavy (non-hydrogen) atoms. The number of pyridine rings is 1. The smallest absolute Gasteiger partial charge is 0.354 e. The van der Waals surface area contributed by atoms with E-state index in [0.717, 1.165) is 18.3 Å². The Kier molecular flexibility index (Phi) is 3.81. The molecule has 5 heteroatoms. The van der Waals surface area contributed by atoms with Crippen LogP contribution in [0.25, 0.3) is 0 Å². The van der Waals surface area contributed by atoms with Gasteiger partial charge in [0.2, 0.25) is 0 Å². The summed E-state index contributed by atoms with van der Waals surface area (Å²) >= 11 is 0. The summed E-state index contributed by atoms with van der Waals surface area (Å²) in [7, 11) is 2.15. The molecule has 0 bridgehead atoms. The summed E-state index contributed by atoms with van der Waals surface area (Å²) in [6.07, 6.45) is 4.17. The molecule has 1 atom stereocenters. The Morgan fingerprint density at radius 2 is 2.33 bits per heavy atom. The number of carboxylic acids is 1. The predicted octanol–water partition coefficient (Wildman–Crippen LogP) is 1.67. The van der Waals surface area contributed by atoms with Crippen LogP contribution in [0.15, 0.2) is 18.3 Å². The molecule has 0 radical (unpaired) electrons. The van der Waals surface area contributed by atoms with Crippen molar-refractivity contribution < 1.29 is 9.90 Å². The van der Waals surface area contributed by atoms with Gasteiger partial charge >= 0.3 is 5.97 Å². The molecule has 1 saturated carbocycles. The first-order chi connectivity index (χ1) is 8.58. The van der Waals surface area contributed by atoms with E-state index in [-0.39, 0.29) is 5.69 Å². The summed E-state index contributed by atoms with van der Waals surface area (Å²) in [5.41, 5.74) is 0.930. The molecule has 1 heterocycles. The van der Waals surface area contributed by atoms with Crippen LogP contribution in [0.3, 0.4) is 0 Å². The van der Waals surface area contributed by atoms with Crippen LogP contribution in [0, 0.1) is 0 Å². The Morgan fingerprint density at radius 1 is 1.61 bits per heavy atom. The van der Waals surface area contributed by atoms with Gasteiger partial charge in [0.25, 0.3) is 0 Å². The number of hydrogen-bond donors (Lipinski definition) is 2. The highest BCUT2D eigenvalue weighted by Crippen LogP contribution is 2.26. The highest BCUT2D eigenvalue weighted by Gasteiger charge is 2.28. The molecule has 1 fully saturated rings. The molecule has 1 aromatic rings. The largest absolute Gasteiger partial charge is 0.477 e. The fourth-order valence-corrected chi connectivity index (χ4v) is 1.88. The Balaban J connectivity index is 1.83. The summed E-state index contributed by atoms with van der Waals surface area (Å²) in [6.45, 7) is 3.02. The Labute approximate surface area is 107 Å². The molecule has 2 N–H and O–H groups in total. The first-order valence-corrected chi connectivity index (χ1v) is 6.23. The third-order valence-corrected chi connectivity index (χ3v) is 3.40. The van der Waals surface area contributed by atoms with Crippen molar-refractivity contribution in [2.24, 2.45) is 0 Å². The van der Waals surface area contributed by atoms with Gasteiger partial charge in [0.15, 0.2) is 0 Å². The molecule has 2 rings (SSSR count). The average molecular weight is 249 g/mol. The highest BCUT2D eigenvalue weighted by atomic mass is 16.4. The van der Waals surface area contributed by atoms with E-state index in [1.807, 2.05) is 0 Å². The van der Waals surface area contributed by atoms with E-state index in [1.165, 1.54) is 18.9 Å². The van der Waals surface area contributed by atoms with Gasteiger partial charge in [-0.05, 0) is 38.9 Å². The number of carbonyl (C=O) groups is 1. The maximum atomic E-state index is 10.7.